The van der Waals surface area contributed by atoms with Crippen LogP contribution < -0.4 is 10.1 Å². The fraction of sp³-hybridized carbons (Fsp3) is 0.533. The lowest BCUT2D eigenvalue weighted by Gasteiger charge is -2.28. The van der Waals surface area contributed by atoms with Gasteiger partial charge in [-0.25, -0.2) is 9.18 Å². The van der Waals surface area contributed by atoms with Gasteiger partial charge in [-0.15, -0.1) is 0 Å². The van der Waals surface area contributed by atoms with E-state index in [0.717, 1.165) is 0 Å². The van der Waals surface area contributed by atoms with Crippen molar-refractivity contribution in [1.29, 1.82) is 0 Å². The van der Waals surface area contributed by atoms with Crippen LogP contribution in [0.1, 0.15) is 27.7 Å². The van der Waals surface area contributed by atoms with Crippen molar-refractivity contribution in [2.45, 2.75) is 33.3 Å². The van der Waals surface area contributed by atoms with Crippen LogP contribution in [0.3, 0.4) is 0 Å². The smallest absolute Gasteiger partial charge is 0.322 e. The molecule has 0 atom stereocenters. The summed E-state index contributed by atoms with van der Waals surface area (Å²) in [7, 11) is 0. The number of halogens is 1. The van der Waals surface area contributed by atoms with E-state index < -0.39 is 11.4 Å². The number of anilines is 1. The molecule has 1 aromatic carbocycles. The second-order valence-electron chi connectivity index (χ2n) is 5.33. The highest BCUT2D eigenvalue weighted by Gasteiger charge is 2.22. The maximum absolute atomic E-state index is 13.2. The molecule has 0 saturated carbocycles. The van der Waals surface area contributed by atoms with Crippen LogP contribution in [0.2, 0.25) is 0 Å². The van der Waals surface area contributed by atoms with Crippen molar-refractivity contribution in [2.75, 3.05) is 25.0 Å². The third-order valence-corrected chi connectivity index (χ3v) is 2.73. The molecule has 0 aliphatic carbocycles. The van der Waals surface area contributed by atoms with Crippen LogP contribution in [0.25, 0.3) is 0 Å². The number of likely N-dealkylation sites (N-methyl/N-ethyl adjacent to an activating group) is 1. The summed E-state index contributed by atoms with van der Waals surface area (Å²) in [6.45, 7) is 7.87. The van der Waals surface area contributed by atoms with Gasteiger partial charge in [-0.3, -0.25) is 0 Å². The fourth-order valence-corrected chi connectivity index (χ4v) is 1.86. The van der Waals surface area contributed by atoms with E-state index in [1.807, 2.05) is 6.92 Å². The Morgan fingerprint density at radius 2 is 2.10 bits per heavy atom. The minimum absolute atomic E-state index is 0.195. The van der Waals surface area contributed by atoms with Gasteiger partial charge in [0, 0.05) is 12.6 Å². The molecule has 0 bridgehead atoms. The Morgan fingerprint density at radius 3 is 2.62 bits per heavy atom. The number of carbonyl (C=O) groups is 1. The first-order chi connectivity index (χ1) is 9.76. The molecule has 2 amide bonds. The van der Waals surface area contributed by atoms with Crippen molar-refractivity contribution in [2.24, 2.45) is 0 Å². The second kappa shape index (κ2) is 7.26. The van der Waals surface area contributed by atoms with E-state index in [9.17, 15) is 14.3 Å². The monoisotopic (exact) mass is 298 g/mol. The topological polar surface area (TPSA) is 61.8 Å². The highest BCUT2D eigenvalue weighted by Crippen LogP contribution is 2.25. The van der Waals surface area contributed by atoms with Crippen LogP contribution >= 0.6 is 0 Å². The molecular weight excluding hydrogens is 275 g/mol. The lowest BCUT2D eigenvalue weighted by Crippen LogP contribution is -2.44. The van der Waals surface area contributed by atoms with Crippen LogP contribution in [0.15, 0.2) is 18.2 Å². The van der Waals surface area contributed by atoms with Crippen molar-refractivity contribution in [3.63, 3.8) is 0 Å². The molecule has 0 aliphatic rings. The molecule has 0 spiro atoms. The molecular formula is C15H23FN2O3. The first-order valence-corrected chi connectivity index (χ1v) is 6.97. The number of hydrogen-bond donors (Lipinski definition) is 2. The number of rotatable bonds is 6. The Hall–Kier alpha value is -1.82. The maximum Gasteiger partial charge on any atom is 0.322 e. The lowest BCUT2D eigenvalue weighted by atomic mass is 10.1. The molecule has 118 valence electrons. The number of benzene rings is 1. The molecule has 21 heavy (non-hydrogen) atoms. The summed E-state index contributed by atoms with van der Waals surface area (Å²) >= 11 is 0. The predicted molar refractivity (Wildman–Crippen MR) is 80.1 cm³/mol. The third kappa shape index (κ3) is 5.59. The summed E-state index contributed by atoms with van der Waals surface area (Å²) in [6.07, 6.45) is 0. The number of nitrogens with zero attached hydrogens (tertiary/aromatic N) is 1. The molecule has 0 fully saturated rings. The van der Waals surface area contributed by atoms with Gasteiger partial charge in [-0.1, -0.05) is 0 Å². The van der Waals surface area contributed by atoms with Gasteiger partial charge in [-0.2, -0.15) is 0 Å². The molecule has 0 aromatic heterocycles. The predicted octanol–water partition coefficient (Wildman–Crippen LogP) is 2.85. The number of hydrogen-bond acceptors (Lipinski definition) is 3. The molecule has 2 N–H and O–H groups in total. The number of nitrogens with one attached hydrogen (secondary N) is 1. The molecule has 5 nitrogen and oxygen atoms in total. The minimum Gasteiger partial charge on any atom is -0.492 e. The summed E-state index contributed by atoms with van der Waals surface area (Å²) in [6, 6.07) is 3.57. The zero-order chi connectivity index (χ0) is 16.0. The van der Waals surface area contributed by atoms with Crippen molar-refractivity contribution >= 4 is 11.7 Å². The molecule has 0 heterocycles. The Bertz CT molecular complexity index is 486. The van der Waals surface area contributed by atoms with E-state index in [0.29, 0.717) is 18.8 Å². The van der Waals surface area contributed by atoms with Crippen molar-refractivity contribution in [3.8, 4) is 5.75 Å². The van der Waals surface area contributed by atoms with Crippen LogP contribution in [-0.2, 0) is 0 Å². The number of amides is 2. The number of aliphatic hydroxyl groups is 1. The van der Waals surface area contributed by atoms with E-state index in [1.165, 1.54) is 23.1 Å². The summed E-state index contributed by atoms with van der Waals surface area (Å²) in [4.78, 5) is 13.7. The van der Waals surface area contributed by atoms with Crippen LogP contribution in [0.5, 0.6) is 5.75 Å². The highest BCUT2D eigenvalue weighted by atomic mass is 19.1. The standard InChI is InChI=1S/C15H23FN2O3/c1-5-18(10-15(3,4)20)14(19)17-12-8-7-11(16)9-13(12)21-6-2/h7-9,20H,5-6,10H2,1-4H3,(H,17,19). The molecule has 1 aromatic rings. The van der Waals surface area contributed by atoms with Gasteiger partial charge in [0.05, 0.1) is 24.4 Å². The van der Waals surface area contributed by atoms with Gasteiger partial charge in [0.15, 0.2) is 0 Å². The zero-order valence-corrected chi connectivity index (χ0v) is 12.9. The zero-order valence-electron chi connectivity index (χ0n) is 12.9. The summed E-state index contributed by atoms with van der Waals surface area (Å²) < 4.78 is 18.5. The molecule has 0 radical (unpaired) electrons. The minimum atomic E-state index is -0.987. The molecule has 0 aliphatic heterocycles. The largest absolute Gasteiger partial charge is 0.492 e. The quantitative estimate of drug-likeness (QED) is 0.849. The Labute approximate surface area is 124 Å². The van der Waals surface area contributed by atoms with E-state index in [1.54, 1.807) is 20.8 Å². The first-order valence-electron chi connectivity index (χ1n) is 6.97. The highest BCUT2D eigenvalue weighted by molar-refractivity contribution is 5.91. The van der Waals surface area contributed by atoms with Gasteiger partial charge in [-0.05, 0) is 39.8 Å². The van der Waals surface area contributed by atoms with Gasteiger partial charge < -0.3 is 20.1 Å². The second-order valence-corrected chi connectivity index (χ2v) is 5.33. The normalized spacial score (nSPS) is 11.1. The average Bonchev–Trinajstić information content (AvgIpc) is 2.38. The Kier molecular flexibility index (Phi) is 5.96. The van der Waals surface area contributed by atoms with Crippen LogP contribution in [0, 0.1) is 5.82 Å². The fourth-order valence-electron chi connectivity index (χ4n) is 1.86. The number of urea groups is 1. The number of carbonyl (C=O) groups excluding carboxylic acids is 1. The third-order valence-electron chi connectivity index (χ3n) is 2.73. The van der Waals surface area contributed by atoms with Crippen molar-refractivity contribution < 1.29 is 19.0 Å². The van der Waals surface area contributed by atoms with Crippen LogP contribution in [-0.4, -0.2) is 41.3 Å². The Morgan fingerprint density at radius 1 is 1.43 bits per heavy atom. The SMILES string of the molecule is CCOc1cc(F)ccc1NC(=O)N(CC)CC(C)(C)O. The number of ether oxygens (including phenoxy) is 1. The summed E-state index contributed by atoms with van der Waals surface area (Å²) in [5.41, 5.74) is -0.587. The average molecular weight is 298 g/mol. The summed E-state index contributed by atoms with van der Waals surface area (Å²) in [5, 5.41) is 12.5. The molecule has 0 unspecified atom stereocenters. The van der Waals surface area contributed by atoms with E-state index in [2.05, 4.69) is 5.32 Å². The molecule has 1 rings (SSSR count). The van der Waals surface area contributed by atoms with Gasteiger partial charge in [0.2, 0.25) is 0 Å². The van der Waals surface area contributed by atoms with Crippen molar-refractivity contribution in [1.82, 2.24) is 4.90 Å². The van der Waals surface area contributed by atoms with E-state index in [-0.39, 0.29) is 18.3 Å². The van der Waals surface area contributed by atoms with Gasteiger partial charge >= 0.3 is 6.03 Å². The van der Waals surface area contributed by atoms with Gasteiger partial charge in [0.25, 0.3) is 0 Å². The first kappa shape index (κ1) is 17.2. The molecule has 0 saturated heterocycles. The lowest BCUT2D eigenvalue weighted by molar-refractivity contribution is 0.0501. The summed E-state index contributed by atoms with van der Waals surface area (Å²) in [5.74, 6) is -0.148. The van der Waals surface area contributed by atoms with Crippen LogP contribution in [0.4, 0.5) is 14.9 Å². The maximum atomic E-state index is 13.2. The van der Waals surface area contributed by atoms with E-state index in [4.69, 9.17) is 4.74 Å². The van der Waals surface area contributed by atoms with Gasteiger partial charge in [0.1, 0.15) is 11.6 Å². The Balaban J connectivity index is 2.86. The van der Waals surface area contributed by atoms with Crippen molar-refractivity contribution in [3.05, 3.63) is 24.0 Å². The molecule has 6 heteroatoms. The van der Waals surface area contributed by atoms with E-state index >= 15 is 0 Å².